The highest BCUT2D eigenvalue weighted by molar-refractivity contribution is 5.29. The van der Waals surface area contributed by atoms with E-state index in [9.17, 15) is 0 Å². The lowest BCUT2D eigenvalue weighted by atomic mass is 9.47. The van der Waals surface area contributed by atoms with Gasteiger partial charge in [0.25, 0.3) is 0 Å². The quantitative estimate of drug-likeness (QED) is 0.413. The first kappa shape index (κ1) is 13.7. The Bertz CT molecular complexity index is 545. The lowest BCUT2D eigenvalue weighted by Gasteiger charge is -2.57. The van der Waals surface area contributed by atoms with Gasteiger partial charge in [-0.15, -0.1) is 6.42 Å². The van der Waals surface area contributed by atoms with Gasteiger partial charge in [-0.3, -0.25) is 0 Å². The van der Waals surface area contributed by atoms with Gasteiger partial charge in [-0.2, -0.15) is 0 Å². The Hall–Kier alpha value is -0.960. The van der Waals surface area contributed by atoms with Crippen LogP contribution >= 0.6 is 0 Å². The molecule has 0 aliphatic heterocycles. The van der Waals surface area contributed by atoms with Crippen LogP contribution in [-0.4, -0.2) is 0 Å². The van der Waals surface area contributed by atoms with Gasteiger partial charge in [-0.25, -0.2) is 0 Å². The van der Waals surface area contributed by atoms with Gasteiger partial charge < -0.3 is 0 Å². The summed E-state index contributed by atoms with van der Waals surface area (Å²) in [5.41, 5.74) is 2.65. The zero-order valence-electron chi connectivity index (χ0n) is 13.6. The summed E-state index contributed by atoms with van der Waals surface area (Å²) in [7, 11) is 0. The number of fused-ring (bicyclic) bond motifs is 5. The summed E-state index contributed by atoms with van der Waals surface area (Å²) >= 11 is 0. The fraction of sp³-hybridized carbons (Fsp3) is 0.714. The Morgan fingerprint density at radius 3 is 2.86 bits per heavy atom. The maximum absolute atomic E-state index is 5.82. The molecule has 0 N–H and O–H groups in total. The molecule has 0 aromatic carbocycles. The van der Waals surface area contributed by atoms with Crippen molar-refractivity contribution in [2.45, 2.75) is 58.8 Å². The molecular weight excluding hydrogens is 252 g/mol. The van der Waals surface area contributed by atoms with E-state index in [1.165, 1.54) is 44.9 Å². The van der Waals surface area contributed by atoms with Crippen LogP contribution < -0.4 is 0 Å². The average molecular weight is 280 g/mol. The van der Waals surface area contributed by atoms with Gasteiger partial charge in [0.1, 0.15) is 0 Å². The molecule has 0 bridgehead atoms. The third-order valence-electron chi connectivity index (χ3n) is 7.72. The minimum Gasteiger partial charge on any atom is -0.119 e. The third kappa shape index (κ3) is 1.70. The van der Waals surface area contributed by atoms with Crippen molar-refractivity contribution in [3.8, 4) is 12.3 Å². The molecule has 0 saturated heterocycles. The molecule has 2 fully saturated rings. The lowest BCUT2D eigenvalue weighted by molar-refractivity contribution is -0.0331. The number of terminal acetylenes is 1. The zero-order chi connectivity index (χ0) is 14.7. The van der Waals surface area contributed by atoms with E-state index in [1.807, 2.05) is 0 Å². The molecule has 2 saturated carbocycles. The fourth-order valence-electron chi connectivity index (χ4n) is 6.45. The second kappa shape index (κ2) is 4.52. The predicted octanol–water partition coefficient (Wildman–Crippen LogP) is 5.36. The Kier molecular flexibility index (Phi) is 2.94. The van der Waals surface area contributed by atoms with E-state index in [0.717, 1.165) is 17.8 Å². The van der Waals surface area contributed by atoms with Crippen LogP contribution in [0.1, 0.15) is 58.8 Å². The average Bonchev–Trinajstić information content (AvgIpc) is 2.83. The summed E-state index contributed by atoms with van der Waals surface area (Å²) in [4.78, 5) is 0. The van der Waals surface area contributed by atoms with Crippen molar-refractivity contribution >= 4 is 0 Å². The van der Waals surface area contributed by atoms with Gasteiger partial charge in [0.2, 0.25) is 0 Å². The molecule has 1 unspecified atom stereocenters. The van der Waals surface area contributed by atoms with Crippen molar-refractivity contribution in [3.05, 3.63) is 23.8 Å². The summed E-state index contributed by atoms with van der Waals surface area (Å²) in [6.07, 6.45) is 22.9. The van der Waals surface area contributed by atoms with E-state index >= 15 is 0 Å². The second-order valence-electron chi connectivity index (χ2n) is 8.45. The molecule has 6 atom stereocenters. The first-order valence-corrected chi connectivity index (χ1v) is 8.93. The Labute approximate surface area is 130 Å². The number of rotatable bonds is 0. The zero-order valence-corrected chi connectivity index (χ0v) is 13.6. The smallest absolute Gasteiger partial charge is 0.0439 e. The van der Waals surface area contributed by atoms with Crippen LogP contribution in [0.3, 0.4) is 0 Å². The standard InChI is InChI=1S/C21H28/c1-4-15-9-11-18-17-10-8-16-7-5-6-13-20(16,2)19(17)12-14-21(15,18)3/h1,7,9,11,15,17-19H,5-6,8,10,12-14H2,2-3H3/t15?,17-,18-,19-,20-,21+/m0/s1. The lowest BCUT2D eigenvalue weighted by Crippen LogP contribution is -2.50. The van der Waals surface area contributed by atoms with Gasteiger partial charge in [0, 0.05) is 5.92 Å². The van der Waals surface area contributed by atoms with Gasteiger partial charge >= 0.3 is 0 Å². The molecule has 112 valence electrons. The first-order valence-electron chi connectivity index (χ1n) is 8.93. The van der Waals surface area contributed by atoms with E-state index in [2.05, 4.69) is 38.0 Å². The van der Waals surface area contributed by atoms with E-state index in [-0.39, 0.29) is 0 Å². The summed E-state index contributed by atoms with van der Waals surface area (Å²) in [6, 6.07) is 0. The van der Waals surface area contributed by atoms with Crippen molar-refractivity contribution < 1.29 is 0 Å². The van der Waals surface area contributed by atoms with E-state index in [1.54, 1.807) is 5.57 Å². The monoisotopic (exact) mass is 280 g/mol. The van der Waals surface area contributed by atoms with Crippen molar-refractivity contribution in [1.29, 1.82) is 0 Å². The summed E-state index contributed by atoms with van der Waals surface area (Å²) in [5, 5.41) is 0. The van der Waals surface area contributed by atoms with Crippen LogP contribution in [0.2, 0.25) is 0 Å². The molecule has 0 heteroatoms. The molecule has 4 aliphatic rings. The first-order chi connectivity index (χ1) is 10.1. The molecule has 4 rings (SSSR count). The third-order valence-corrected chi connectivity index (χ3v) is 7.72. The van der Waals surface area contributed by atoms with Gasteiger partial charge in [-0.1, -0.05) is 43.6 Å². The van der Waals surface area contributed by atoms with E-state index in [4.69, 9.17) is 6.42 Å². The summed E-state index contributed by atoms with van der Waals surface area (Å²) in [6.45, 7) is 5.04. The molecule has 0 heterocycles. The molecule has 0 nitrogen and oxygen atoms in total. The fourth-order valence-corrected chi connectivity index (χ4v) is 6.45. The highest BCUT2D eigenvalue weighted by atomic mass is 14.6. The predicted molar refractivity (Wildman–Crippen MR) is 88.5 cm³/mol. The van der Waals surface area contributed by atoms with Crippen molar-refractivity contribution in [1.82, 2.24) is 0 Å². The number of hydrogen-bond acceptors (Lipinski definition) is 0. The van der Waals surface area contributed by atoms with Crippen LogP contribution in [0.4, 0.5) is 0 Å². The second-order valence-corrected chi connectivity index (χ2v) is 8.45. The largest absolute Gasteiger partial charge is 0.119 e. The Morgan fingerprint density at radius 2 is 2.05 bits per heavy atom. The normalized spacial score (nSPS) is 51.4. The Morgan fingerprint density at radius 1 is 1.19 bits per heavy atom. The van der Waals surface area contributed by atoms with Crippen LogP contribution in [0, 0.1) is 46.8 Å². The van der Waals surface area contributed by atoms with Crippen LogP contribution in [0.5, 0.6) is 0 Å². The van der Waals surface area contributed by atoms with Crippen LogP contribution in [0.25, 0.3) is 0 Å². The van der Waals surface area contributed by atoms with Crippen LogP contribution in [0.15, 0.2) is 23.8 Å². The molecule has 0 aromatic rings. The molecular formula is C21H28. The molecule has 4 aliphatic carbocycles. The van der Waals surface area contributed by atoms with Gasteiger partial charge in [-0.05, 0) is 73.5 Å². The molecule has 0 radical (unpaired) electrons. The topological polar surface area (TPSA) is 0 Å². The molecule has 0 aromatic heterocycles. The summed E-state index contributed by atoms with van der Waals surface area (Å²) in [5.74, 6) is 5.95. The summed E-state index contributed by atoms with van der Waals surface area (Å²) < 4.78 is 0. The number of hydrogen-bond donors (Lipinski definition) is 0. The minimum absolute atomic E-state index is 0.349. The Balaban J connectivity index is 1.70. The van der Waals surface area contributed by atoms with E-state index < -0.39 is 0 Å². The molecule has 21 heavy (non-hydrogen) atoms. The SMILES string of the molecule is C#CC1C=C[C@H]2[C@@H]3CCC4=CCCC[C@]4(C)[C@H]3CC[C@]12C. The number of allylic oxidation sites excluding steroid dienone is 4. The van der Waals surface area contributed by atoms with Gasteiger partial charge in [0.05, 0.1) is 0 Å². The van der Waals surface area contributed by atoms with Crippen molar-refractivity contribution in [2.24, 2.45) is 34.5 Å². The molecule has 0 amide bonds. The molecule has 0 spiro atoms. The van der Waals surface area contributed by atoms with Crippen molar-refractivity contribution in [2.75, 3.05) is 0 Å². The highest BCUT2D eigenvalue weighted by Crippen LogP contribution is 2.64. The maximum atomic E-state index is 5.82. The maximum Gasteiger partial charge on any atom is 0.0439 e. The van der Waals surface area contributed by atoms with E-state index in [0.29, 0.717) is 16.7 Å². The van der Waals surface area contributed by atoms with Crippen molar-refractivity contribution in [3.63, 3.8) is 0 Å². The van der Waals surface area contributed by atoms with Gasteiger partial charge in [0.15, 0.2) is 0 Å². The van der Waals surface area contributed by atoms with Crippen LogP contribution in [-0.2, 0) is 0 Å². The minimum atomic E-state index is 0.349. The highest BCUT2D eigenvalue weighted by Gasteiger charge is 2.56.